The van der Waals surface area contributed by atoms with E-state index in [1.165, 1.54) is 0 Å². The lowest BCUT2D eigenvalue weighted by atomic mass is 9.94. The Morgan fingerprint density at radius 2 is 1.28 bits per heavy atom. The van der Waals surface area contributed by atoms with Crippen molar-refractivity contribution in [3.8, 4) is 0 Å². The second kappa shape index (κ2) is 12.0. The number of nitrogens with zero attached hydrogens (tertiary/aromatic N) is 1. The molecule has 0 aromatic carbocycles. The second-order valence-electron chi connectivity index (χ2n) is 7.88. The first-order valence-corrected chi connectivity index (χ1v) is 11.4. The van der Waals surface area contributed by atoms with Crippen molar-refractivity contribution in [3.05, 3.63) is 23.8 Å². The largest absolute Gasteiger partial charge is 0.442 e. The van der Waals surface area contributed by atoms with Gasteiger partial charge in [-0.1, -0.05) is 65.3 Å². The molecule has 29 heavy (non-hydrogen) atoms. The van der Waals surface area contributed by atoms with Crippen LogP contribution in [-0.2, 0) is 9.47 Å². The first-order chi connectivity index (χ1) is 13.8. The normalized spacial score (nSPS) is 14.3. The van der Waals surface area contributed by atoms with E-state index in [-0.39, 0.29) is 6.54 Å². The standard InChI is InChI=1S/C24H41NO4/c1-7-23(8-2,9-3)28-21(26)25(19-18-20-16-14-13-15-17-20)22(27)29-24(10-4,11-5)12-6/h14,16-17H,7-13,15,18-19H2,1-6H3. The first-order valence-electron chi connectivity index (χ1n) is 11.4. The Labute approximate surface area is 177 Å². The van der Waals surface area contributed by atoms with Crippen molar-refractivity contribution in [1.82, 2.24) is 4.90 Å². The Hall–Kier alpha value is -1.78. The van der Waals surface area contributed by atoms with Crippen molar-refractivity contribution in [2.24, 2.45) is 0 Å². The third kappa shape index (κ3) is 6.90. The topological polar surface area (TPSA) is 55.8 Å². The highest BCUT2D eigenvalue weighted by molar-refractivity contribution is 5.88. The Kier molecular flexibility index (Phi) is 10.5. The van der Waals surface area contributed by atoms with Crippen molar-refractivity contribution >= 4 is 12.2 Å². The van der Waals surface area contributed by atoms with E-state index in [1.54, 1.807) is 0 Å². The van der Waals surface area contributed by atoms with Gasteiger partial charge in [0.1, 0.15) is 11.2 Å². The van der Waals surface area contributed by atoms with E-state index in [2.05, 4.69) is 18.2 Å². The van der Waals surface area contributed by atoms with Gasteiger partial charge in [0.05, 0.1) is 0 Å². The van der Waals surface area contributed by atoms with E-state index < -0.39 is 23.4 Å². The number of hydrogen-bond donors (Lipinski definition) is 0. The molecule has 0 fully saturated rings. The average Bonchev–Trinajstić information content (AvgIpc) is 2.77. The maximum absolute atomic E-state index is 13.1. The molecule has 0 N–H and O–H groups in total. The molecule has 166 valence electrons. The molecular weight excluding hydrogens is 366 g/mol. The quantitative estimate of drug-likeness (QED) is 0.364. The molecule has 0 bridgehead atoms. The molecule has 0 saturated heterocycles. The molecule has 1 aliphatic rings. The van der Waals surface area contributed by atoms with Crippen molar-refractivity contribution < 1.29 is 19.1 Å². The van der Waals surface area contributed by atoms with Gasteiger partial charge in [-0.25, -0.2) is 14.5 Å². The summed E-state index contributed by atoms with van der Waals surface area (Å²) in [5, 5.41) is 0. The number of imide groups is 1. The van der Waals surface area contributed by atoms with Gasteiger partial charge in [0, 0.05) is 6.54 Å². The molecule has 0 aromatic rings. The molecule has 5 heteroatoms. The third-order valence-corrected chi connectivity index (χ3v) is 6.61. The van der Waals surface area contributed by atoms with E-state index in [0.29, 0.717) is 44.9 Å². The van der Waals surface area contributed by atoms with Crippen LogP contribution in [0.15, 0.2) is 23.8 Å². The van der Waals surface area contributed by atoms with Gasteiger partial charge in [0.2, 0.25) is 0 Å². The Bertz CT molecular complexity index is 535. The van der Waals surface area contributed by atoms with Crippen LogP contribution in [0.5, 0.6) is 0 Å². The highest BCUT2D eigenvalue weighted by Crippen LogP contribution is 2.28. The molecule has 0 spiro atoms. The fourth-order valence-corrected chi connectivity index (χ4v) is 3.76. The monoisotopic (exact) mass is 407 g/mol. The molecule has 0 atom stereocenters. The lowest BCUT2D eigenvalue weighted by Gasteiger charge is -2.35. The van der Waals surface area contributed by atoms with Crippen LogP contribution in [0, 0.1) is 0 Å². The fraction of sp³-hybridized carbons (Fsp3) is 0.750. The average molecular weight is 408 g/mol. The number of rotatable bonds is 11. The molecular formula is C24H41NO4. The Morgan fingerprint density at radius 3 is 1.62 bits per heavy atom. The summed E-state index contributed by atoms with van der Waals surface area (Å²) in [5.74, 6) is 0. The predicted molar refractivity (Wildman–Crippen MR) is 118 cm³/mol. The third-order valence-electron chi connectivity index (χ3n) is 6.61. The highest BCUT2D eigenvalue weighted by Gasteiger charge is 2.37. The lowest BCUT2D eigenvalue weighted by molar-refractivity contribution is -0.0383. The maximum atomic E-state index is 13.1. The van der Waals surface area contributed by atoms with E-state index in [1.807, 2.05) is 41.5 Å². The van der Waals surface area contributed by atoms with E-state index >= 15 is 0 Å². The van der Waals surface area contributed by atoms with Crippen LogP contribution < -0.4 is 0 Å². The van der Waals surface area contributed by atoms with Gasteiger partial charge in [0.25, 0.3) is 0 Å². The smallest absolute Gasteiger partial charge is 0.419 e. The fourth-order valence-electron chi connectivity index (χ4n) is 3.76. The predicted octanol–water partition coefficient (Wildman–Crippen LogP) is 7.17. The van der Waals surface area contributed by atoms with Crippen LogP contribution >= 0.6 is 0 Å². The zero-order valence-electron chi connectivity index (χ0n) is 19.4. The zero-order chi connectivity index (χ0) is 21.9. The molecule has 1 rings (SSSR count). The minimum atomic E-state index is -0.599. The summed E-state index contributed by atoms with van der Waals surface area (Å²) in [6.45, 7) is 12.3. The number of carbonyl (C=O) groups is 2. The van der Waals surface area contributed by atoms with E-state index in [9.17, 15) is 9.59 Å². The maximum Gasteiger partial charge on any atom is 0.419 e. The first kappa shape index (κ1) is 25.3. The molecule has 5 nitrogen and oxygen atoms in total. The van der Waals surface area contributed by atoms with E-state index in [0.717, 1.165) is 23.3 Å². The molecule has 0 saturated carbocycles. The van der Waals surface area contributed by atoms with Crippen LogP contribution in [0.4, 0.5) is 9.59 Å². The summed E-state index contributed by atoms with van der Waals surface area (Å²) >= 11 is 0. The van der Waals surface area contributed by atoms with Gasteiger partial charge < -0.3 is 9.47 Å². The molecule has 0 unspecified atom stereocenters. The number of amides is 2. The summed E-state index contributed by atoms with van der Waals surface area (Å²) in [7, 11) is 0. The highest BCUT2D eigenvalue weighted by atomic mass is 16.6. The number of carbonyl (C=O) groups excluding carboxylic acids is 2. The van der Waals surface area contributed by atoms with Crippen molar-refractivity contribution in [2.45, 2.75) is 111 Å². The van der Waals surface area contributed by atoms with Crippen molar-refractivity contribution in [1.29, 1.82) is 0 Å². The second-order valence-corrected chi connectivity index (χ2v) is 7.88. The van der Waals surface area contributed by atoms with Crippen LogP contribution in [0.2, 0.25) is 0 Å². The van der Waals surface area contributed by atoms with Crippen molar-refractivity contribution in [2.75, 3.05) is 6.54 Å². The van der Waals surface area contributed by atoms with Crippen molar-refractivity contribution in [3.63, 3.8) is 0 Å². The van der Waals surface area contributed by atoms with E-state index in [4.69, 9.17) is 9.47 Å². The molecule has 2 amide bonds. The summed E-state index contributed by atoms with van der Waals surface area (Å²) in [6, 6.07) is 0. The molecule has 0 aliphatic heterocycles. The van der Waals surface area contributed by atoms with Gasteiger partial charge in [0.15, 0.2) is 0 Å². The molecule has 0 radical (unpaired) electrons. The van der Waals surface area contributed by atoms with Crippen LogP contribution in [0.1, 0.15) is 99.3 Å². The van der Waals surface area contributed by atoms with Crippen LogP contribution in [0.25, 0.3) is 0 Å². The van der Waals surface area contributed by atoms with Gasteiger partial charge in [-0.3, -0.25) is 0 Å². The molecule has 0 aromatic heterocycles. The zero-order valence-corrected chi connectivity index (χ0v) is 19.4. The van der Waals surface area contributed by atoms with Gasteiger partial charge in [-0.2, -0.15) is 0 Å². The molecule has 0 heterocycles. The number of ether oxygens (including phenoxy) is 2. The summed E-state index contributed by atoms with van der Waals surface area (Å²) in [6.07, 6.45) is 12.1. The SMILES string of the molecule is CCC(CC)(CC)OC(=O)N(CCC1=CCCC=C1)C(=O)OC(CC)(CC)CC. The van der Waals surface area contributed by atoms with Crippen LogP contribution in [-0.4, -0.2) is 34.8 Å². The minimum Gasteiger partial charge on any atom is -0.442 e. The molecule has 1 aliphatic carbocycles. The van der Waals surface area contributed by atoms with Gasteiger partial charge >= 0.3 is 12.2 Å². The summed E-state index contributed by atoms with van der Waals surface area (Å²) in [4.78, 5) is 27.3. The summed E-state index contributed by atoms with van der Waals surface area (Å²) < 4.78 is 11.7. The van der Waals surface area contributed by atoms with Gasteiger partial charge in [-0.15, -0.1) is 0 Å². The van der Waals surface area contributed by atoms with Crippen LogP contribution in [0.3, 0.4) is 0 Å². The Morgan fingerprint density at radius 1 is 0.828 bits per heavy atom. The Balaban J connectivity index is 3.03. The lowest BCUT2D eigenvalue weighted by Crippen LogP contribution is -2.47. The van der Waals surface area contributed by atoms with Gasteiger partial charge in [-0.05, 0) is 57.8 Å². The number of hydrogen-bond acceptors (Lipinski definition) is 4. The minimum absolute atomic E-state index is 0.258. The number of allylic oxidation sites excluding steroid dienone is 3. The summed E-state index contributed by atoms with van der Waals surface area (Å²) in [5.41, 5.74) is 0.0517.